The van der Waals surface area contributed by atoms with Crippen LogP contribution in [0.4, 0.5) is 0 Å². The van der Waals surface area contributed by atoms with E-state index < -0.39 is 17.9 Å². The maximum atomic E-state index is 11.9. The van der Waals surface area contributed by atoms with Crippen LogP contribution in [-0.4, -0.2) is 23.0 Å². The number of carbonyl (C=O) groups is 2. The van der Waals surface area contributed by atoms with Gasteiger partial charge < -0.3 is 10.4 Å². The lowest BCUT2D eigenvalue weighted by Crippen LogP contribution is -2.40. The fourth-order valence-corrected chi connectivity index (χ4v) is 1.44. The SMILES string of the molecule is C#CCC(NC(=O)c1ccc(C)c(C)c1)C(=O)O. The summed E-state index contributed by atoms with van der Waals surface area (Å²) in [5, 5.41) is 11.3. The number of terminal acetylenes is 1. The normalized spacial score (nSPS) is 11.4. The molecule has 1 aromatic rings. The average molecular weight is 245 g/mol. The topological polar surface area (TPSA) is 66.4 Å². The summed E-state index contributed by atoms with van der Waals surface area (Å²) >= 11 is 0. The van der Waals surface area contributed by atoms with Crippen LogP contribution in [0.5, 0.6) is 0 Å². The first kappa shape index (κ1) is 13.8. The molecule has 0 spiro atoms. The van der Waals surface area contributed by atoms with Crippen molar-refractivity contribution in [1.82, 2.24) is 5.32 Å². The molecule has 0 aliphatic heterocycles. The number of benzene rings is 1. The zero-order valence-electron chi connectivity index (χ0n) is 10.4. The Hall–Kier alpha value is -2.28. The van der Waals surface area contributed by atoms with Crippen molar-refractivity contribution >= 4 is 11.9 Å². The smallest absolute Gasteiger partial charge is 0.327 e. The van der Waals surface area contributed by atoms with Gasteiger partial charge in [0.25, 0.3) is 5.91 Å². The molecular formula is C14H15NO3. The Kier molecular flexibility index (Phi) is 4.50. The molecule has 1 aromatic carbocycles. The van der Waals surface area contributed by atoms with E-state index >= 15 is 0 Å². The van der Waals surface area contributed by atoms with Crippen molar-refractivity contribution < 1.29 is 14.7 Å². The monoisotopic (exact) mass is 245 g/mol. The number of aryl methyl sites for hydroxylation is 2. The number of carbonyl (C=O) groups excluding carboxylic acids is 1. The molecule has 0 aromatic heterocycles. The zero-order valence-corrected chi connectivity index (χ0v) is 10.4. The summed E-state index contributed by atoms with van der Waals surface area (Å²) in [7, 11) is 0. The molecule has 0 aliphatic carbocycles. The number of carboxylic acid groups (broad SMARTS) is 1. The Morgan fingerprint density at radius 3 is 2.56 bits per heavy atom. The van der Waals surface area contributed by atoms with E-state index in [1.54, 1.807) is 12.1 Å². The lowest BCUT2D eigenvalue weighted by atomic mass is 10.1. The summed E-state index contributed by atoms with van der Waals surface area (Å²) in [6, 6.07) is 4.15. The van der Waals surface area contributed by atoms with Crippen LogP contribution in [-0.2, 0) is 4.79 Å². The minimum absolute atomic E-state index is 0.0358. The first-order chi connectivity index (χ1) is 8.45. The van der Waals surface area contributed by atoms with Crippen LogP contribution >= 0.6 is 0 Å². The summed E-state index contributed by atoms with van der Waals surface area (Å²) in [6.07, 6.45) is 5.03. The molecule has 4 heteroatoms. The number of hydrogen-bond donors (Lipinski definition) is 2. The van der Waals surface area contributed by atoms with Gasteiger partial charge in [0.05, 0.1) is 0 Å². The largest absolute Gasteiger partial charge is 0.480 e. The molecule has 0 saturated heterocycles. The van der Waals surface area contributed by atoms with Gasteiger partial charge in [-0.15, -0.1) is 12.3 Å². The maximum Gasteiger partial charge on any atom is 0.327 e. The number of rotatable bonds is 4. The summed E-state index contributed by atoms with van der Waals surface area (Å²) in [6.45, 7) is 3.83. The van der Waals surface area contributed by atoms with Crippen molar-refractivity contribution in [1.29, 1.82) is 0 Å². The van der Waals surface area contributed by atoms with E-state index in [1.807, 2.05) is 19.9 Å². The fraction of sp³-hybridized carbons (Fsp3) is 0.286. The van der Waals surface area contributed by atoms with Crippen molar-refractivity contribution in [3.63, 3.8) is 0 Å². The van der Waals surface area contributed by atoms with E-state index in [1.165, 1.54) is 0 Å². The van der Waals surface area contributed by atoms with Crippen molar-refractivity contribution in [2.24, 2.45) is 0 Å². The number of hydrogen-bond acceptors (Lipinski definition) is 2. The molecule has 0 bridgehead atoms. The quantitative estimate of drug-likeness (QED) is 0.790. The van der Waals surface area contributed by atoms with Gasteiger partial charge in [-0.3, -0.25) is 4.79 Å². The Morgan fingerprint density at radius 2 is 2.06 bits per heavy atom. The molecule has 18 heavy (non-hydrogen) atoms. The number of aliphatic carboxylic acids is 1. The van der Waals surface area contributed by atoms with Crippen LogP contribution in [0.3, 0.4) is 0 Å². The van der Waals surface area contributed by atoms with E-state index in [-0.39, 0.29) is 6.42 Å². The summed E-state index contributed by atoms with van der Waals surface area (Å²) in [5.74, 6) is 0.667. The second-order valence-corrected chi connectivity index (χ2v) is 4.07. The number of carboxylic acids is 1. The Morgan fingerprint density at radius 1 is 1.39 bits per heavy atom. The first-order valence-corrected chi connectivity index (χ1v) is 5.50. The molecule has 0 fully saturated rings. The van der Waals surface area contributed by atoms with Gasteiger partial charge in [0.15, 0.2) is 0 Å². The van der Waals surface area contributed by atoms with Gasteiger partial charge in [-0.05, 0) is 37.1 Å². The highest BCUT2D eigenvalue weighted by Crippen LogP contribution is 2.10. The Bertz CT molecular complexity index is 514. The molecule has 1 rings (SSSR count). The van der Waals surface area contributed by atoms with Gasteiger partial charge >= 0.3 is 5.97 Å². The minimum atomic E-state index is -1.13. The lowest BCUT2D eigenvalue weighted by Gasteiger charge is -2.12. The summed E-state index contributed by atoms with van der Waals surface area (Å²) < 4.78 is 0. The second-order valence-electron chi connectivity index (χ2n) is 4.07. The molecule has 0 aliphatic rings. The fourth-order valence-electron chi connectivity index (χ4n) is 1.44. The third-order valence-electron chi connectivity index (χ3n) is 2.69. The van der Waals surface area contributed by atoms with Gasteiger partial charge in [0, 0.05) is 12.0 Å². The van der Waals surface area contributed by atoms with E-state index in [0.29, 0.717) is 5.56 Å². The van der Waals surface area contributed by atoms with Crippen molar-refractivity contribution in [2.45, 2.75) is 26.3 Å². The Balaban J connectivity index is 2.84. The van der Waals surface area contributed by atoms with Crippen molar-refractivity contribution in [2.75, 3.05) is 0 Å². The third kappa shape index (κ3) is 3.36. The first-order valence-electron chi connectivity index (χ1n) is 5.50. The molecule has 0 saturated carbocycles. The molecule has 4 nitrogen and oxygen atoms in total. The second kappa shape index (κ2) is 5.87. The van der Waals surface area contributed by atoms with E-state index in [4.69, 9.17) is 11.5 Å². The van der Waals surface area contributed by atoms with Crippen LogP contribution in [0.2, 0.25) is 0 Å². The van der Waals surface area contributed by atoms with Crippen LogP contribution in [0.15, 0.2) is 18.2 Å². The van der Waals surface area contributed by atoms with Gasteiger partial charge in [-0.1, -0.05) is 6.07 Å². The third-order valence-corrected chi connectivity index (χ3v) is 2.69. The van der Waals surface area contributed by atoms with E-state index in [0.717, 1.165) is 11.1 Å². The van der Waals surface area contributed by atoms with Gasteiger partial charge in [0.2, 0.25) is 0 Å². The van der Waals surface area contributed by atoms with Crippen LogP contribution in [0, 0.1) is 26.2 Å². The molecule has 0 heterocycles. The number of nitrogens with one attached hydrogen (secondary N) is 1. The summed E-state index contributed by atoms with van der Waals surface area (Å²) in [4.78, 5) is 22.7. The van der Waals surface area contributed by atoms with Crippen molar-refractivity contribution in [3.05, 3.63) is 34.9 Å². The maximum absolute atomic E-state index is 11.9. The predicted molar refractivity (Wildman–Crippen MR) is 68.3 cm³/mol. The molecular weight excluding hydrogens is 230 g/mol. The van der Waals surface area contributed by atoms with Gasteiger partial charge in [-0.2, -0.15) is 0 Å². The van der Waals surface area contributed by atoms with Gasteiger partial charge in [-0.25, -0.2) is 4.79 Å². The summed E-state index contributed by atoms with van der Waals surface area (Å²) in [5.41, 5.74) is 2.48. The molecule has 94 valence electrons. The minimum Gasteiger partial charge on any atom is -0.480 e. The zero-order chi connectivity index (χ0) is 13.7. The Labute approximate surface area is 106 Å². The van der Waals surface area contributed by atoms with E-state index in [2.05, 4.69) is 11.2 Å². The highest BCUT2D eigenvalue weighted by Gasteiger charge is 2.19. The highest BCUT2D eigenvalue weighted by atomic mass is 16.4. The van der Waals surface area contributed by atoms with Gasteiger partial charge in [0.1, 0.15) is 6.04 Å². The lowest BCUT2D eigenvalue weighted by molar-refractivity contribution is -0.139. The number of amides is 1. The van der Waals surface area contributed by atoms with Crippen LogP contribution in [0.1, 0.15) is 27.9 Å². The standard InChI is InChI=1S/C14H15NO3/c1-4-5-12(14(17)18)15-13(16)11-7-6-9(2)10(3)8-11/h1,6-8,12H,5H2,2-3H3,(H,15,16)(H,17,18). The molecule has 2 N–H and O–H groups in total. The van der Waals surface area contributed by atoms with Crippen molar-refractivity contribution in [3.8, 4) is 12.3 Å². The molecule has 0 radical (unpaired) electrons. The van der Waals surface area contributed by atoms with Crippen LogP contribution < -0.4 is 5.32 Å². The van der Waals surface area contributed by atoms with E-state index in [9.17, 15) is 9.59 Å². The van der Waals surface area contributed by atoms with Crippen LogP contribution in [0.25, 0.3) is 0 Å². The molecule has 1 amide bonds. The average Bonchev–Trinajstić information content (AvgIpc) is 2.31. The predicted octanol–water partition coefficient (Wildman–Crippen LogP) is 1.51. The molecule has 1 unspecified atom stereocenters. The molecule has 1 atom stereocenters. The highest BCUT2D eigenvalue weighted by molar-refractivity contribution is 5.96.